The third-order valence-electron chi connectivity index (χ3n) is 2.91. The Kier molecular flexibility index (Phi) is 2.76. The summed E-state index contributed by atoms with van der Waals surface area (Å²) in [5.41, 5.74) is 6.95. The summed E-state index contributed by atoms with van der Waals surface area (Å²) < 4.78 is 15.6. The van der Waals surface area contributed by atoms with Crippen molar-refractivity contribution in [3.8, 4) is 0 Å². The Morgan fingerprint density at radius 1 is 1.28 bits per heavy atom. The molecule has 0 bridgehead atoms. The van der Waals surface area contributed by atoms with Crippen molar-refractivity contribution in [3.63, 3.8) is 0 Å². The molecule has 0 aliphatic carbocycles. The van der Waals surface area contributed by atoms with E-state index in [1.54, 1.807) is 28.0 Å². The van der Waals surface area contributed by atoms with Gasteiger partial charge in [-0.05, 0) is 30.0 Å². The minimum Gasteiger partial charge on any atom is -0.369 e. The molecule has 0 aliphatic heterocycles. The Labute approximate surface area is 108 Å². The van der Waals surface area contributed by atoms with Crippen LogP contribution in [0.25, 0.3) is 11.0 Å². The molecule has 3 rings (SSSR count). The number of imidazole rings is 1. The lowest BCUT2D eigenvalue weighted by atomic mass is 10.3. The zero-order chi connectivity index (χ0) is 12.5. The molecular formula is C13H12FN3S. The van der Waals surface area contributed by atoms with Crippen LogP contribution in [0.1, 0.15) is 4.88 Å². The van der Waals surface area contributed by atoms with E-state index in [0.717, 1.165) is 6.42 Å². The Balaban J connectivity index is 1.98. The number of nitrogens with zero attached hydrogens (tertiary/aromatic N) is 2. The number of hydrogen-bond acceptors (Lipinski definition) is 3. The lowest BCUT2D eigenvalue weighted by molar-refractivity contribution is 0.622. The standard InChI is InChI=1S/C13H12FN3S/c14-10-4-1-5-11-12(10)17(13(15)16-11)7-6-9-3-2-8-18-9/h1-5,8H,6-7H2,(H2,15,16). The second-order valence-corrected chi connectivity index (χ2v) is 5.09. The number of para-hydroxylation sites is 1. The summed E-state index contributed by atoms with van der Waals surface area (Å²) in [5.74, 6) is 0.0922. The molecule has 3 aromatic rings. The quantitative estimate of drug-likeness (QED) is 0.787. The summed E-state index contributed by atoms with van der Waals surface area (Å²) in [6, 6.07) is 8.93. The minimum absolute atomic E-state index is 0.275. The van der Waals surface area contributed by atoms with E-state index in [0.29, 0.717) is 23.5 Å². The van der Waals surface area contributed by atoms with Gasteiger partial charge in [0.15, 0.2) is 0 Å². The van der Waals surface area contributed by atoms with Gasteiger partial charge in [-0.2, -0.15) is 0 Å². The SMILES string of the molecule is Nc1nc2cccc(F)c2n1CCc1cccs1. The van der Waals surface area contributed by atoms with E-state index in [1.807, 2.05) is 11.4 Å². The normalized spacial score (nSPS) is 11.2. The minimum atomic E-state index is -0.275. The summed E-state index contributed by atoms with van der Waals surface area (Å²) in [5, 5.41) is 2.03. The van der Waals surface area contributed by atoms with Crippen LogP contribution in [0.5, 0.6) is 0 Å². The number of hydrogen-bond donors (Lipinski definition) is 1. The van der Waals surface area contributed by atoms with Gasteiger partial charge in [0.2, 0.25) is 5.95 Å². The maximum atomic E-state index is 13.8. The fourth-order valence-corrected chi connectivity index (χ4v) is 2.76. The van der Waals surface area contributed by atoms with Crippen LogP contribution in [-0.2, 0) is 13.0 Å². The van der Waals surface area contributed by atoms with Crippen LogP contribution in [0.3, 0.4) is 0 Å². The molecule has 0 spiro atoms. The van der Waals surface area contributed by atoms with E-state index in [9.17, 15) is 4.39 Å². The van der Waals surface area contributed by atoms with E-state index >= 15 is 0 Å². The predicted molar refractivity (Wildman–Crippen MR) is 72.1 cm³/mol. The van der Waals surface area contributed by atoms with Crippen LogP contribution in [-0.4, -0.2) is 9.55 Å². The number of nitrogen functional groups attached to an aromatic ring is 1. The molecule has 2 N–H and O–H groups in total. The number of nitrogens with two attached hydrogens (primary N) is 1. The highest BCUT2D eigenvalue weighted by Gasteiger charge is 2.11. The molecule has 0 atom stereocenters. The van der Waals surface area contributed by atoms with Crippen molar-refractivity contribution in [3.05, 3.63) is 46.4 Å². The van der Waals surface area contributed by atoms with E-state index in [1.165, 1.54) is 10.9 Å². The topological polar surface area (TPSA) is 43.8 Å². The summed E-state index contributed by atoms with van der Waals surface area (Å²) in [6.45, 7) is 0.643. The molecule has 5 heteroatoms. The molecule has 0 saturated heterocycles. The average Bonchev–Trinajstić information content (AvgIpc) is 2.94. The summed E-state index contributed by atoms with van der Waals surface area (Å²) in [4.78, 5) is 5.44. The molecule has 1 aromatic carbocycles. The highest BCUT2D eigenvalue weighted by atomic mass is 32.1. The molecule has 0 fully saturated rings. The monoisotopic (exact) mass is 261 g/mol. The van der Waals surface area contributed by atoms with Gasteiger partial charge in [0, 0.05) is 11.4 Å². The van der Waals surface area contributed by atoms with Crippen LogP contribution < -0.4 is 5.73 Å². The molecule has 0 radical (unpaired) electrons. The average molecular weight is 261 g/mol. The van der Waals surface area contributed by atoms with Gasteiger partial charge in [-0.15, -0.1) is 11.3 Å². The molecule has 2 heterocycles. The first-order valence-corrected chi connectivity index (χ1v) is 6.56. The van der Waals surface area contributed by atoms with Crippen molar-refractivity contribution in [2.45, 2.75) is 13.0 Å². The summed E-state index contributed by atoms with van der Waals surface area (Å²) >= 11 is 1.69. The second kappa shape index (κ2) is 4.42. The molecule has 92 valence electrons. The van der Waals surface area contributed by atoms with Crippen molar-refractivity contribution in [2.75, 3.05) is 5.73 Å². The first-order chi connectivity index (χ1) is 8.75. The van der Waals surface area contributed by atoms with Gasteiger partial charge in [0.1, 0.15) is 11.3 Å². The number of aryl methyl sites for hydroxylation is 2. The third-order valence-corrected chi connectivity index (χ3v) is 3.85. The Morgan fingerprint density at radius 2 is 2.17 bits per heavy atom. The molecule has 0 amide bonds. The van der Waals surface area contributed by atoms with Crippen LogP contribution in [0.4, 0.5) is 10.3 Å². The molecule has 18 heavy (non-hydrogen) atoms. The van der Waals surface area contributed by atoms with Gasteiger partial charge in [0.25, 0.3) is 0 Å². The molecule has 3 nitrogen and oxygen atoms in total. The van der Waals surface area contributed by atoms with Gasteiger partial charge < -0.3 is 10.3 Å². The maximum Gasteiger partial charge on any atom is 0.201 e. The number of halogens is 1. The summed E-state index contributed by atoms with van der Waals surface area (Å²) in [6.07, 6.45) is 0.835. The van der Waals surface area contributed by atoms with Crippen molar-refractivity contribution >= 4 is 28.3 Å². The van der Waals surface area contributed by atoms with Crippen LogP contribution in [0, 0.1) is 5.82 Å². The van der Waals surface area contributed by atoms with Crippen molar-refractivity contribution in [1.29, 1.82) is 0 Å². The maximum absolute atomic E-state index is 13.8. The number of thiophene rings is 1. The van der Waals surface area contributed by atoms with Crippen LogP contribution in [0.2, 0.25) is 0 Å². The lowest BCUT2D eigenvalue weighted by Gasteiger charge is -2.05. The zero-order valence-corrected chi connectivity index (χ0v) is 10.5. The van der Waals surface area contributed by atoms with Crippen LogP contribution >= 0.6 is 11.3 Å². The largest absolute Gasteiger partial charge is 0.369 e. The van der Waals surface area contributed by atoms with Crippen molar-refractivity contribution in [1.82, 2.24) is 9.55 Å². The van der Waals surface area contributed by atoms with Gasteiger partial charge >= 0.3 is 0 Å². The van der Waals surface area contributed by atoms with Crippen molar-refractivity contribution < 1.29 is 4.39 Å². The Morgan fingerprint density at radius 3 is 2.94 bits per heavy atom. The number of benzene rings is 1. The zero-order valence-electron chi connectivity index (χ0n) is 9.64. The first kappa shape index (κ1) is 11.2. The van der Waals surface area contributed by atoms with Gasteiger partial charge in [-0.25, -0.2) is 9.37 Å². The third kappa shape index (κ3) is 1.86. The second-order valence-electron chi connectivity index (χ2n) is 4.06. The highest BCUT2D eigenvalue weighted by molar-refractivity contribution is 7.09. The Bertz CT molecular complexity index is 673. The molecular weight excluding hydrogens is 249 g/mol. The highest BCUT2D eigenvalue weighted by Crippen LogP contribution is 2.21. The number of rotatable bonds is 3. The van der Waals surface area contributed by atoms with E-state index < -0.39 is 0 Å². The van der Waals surface area contributed by atoms with E-state index in [2.05, 4.69) is 11.1 Å². The van der Waals surface area contributed by atoms with Gasteiger partial charge in [-0.1, -0.05) is 12.1 Å². The molecule has 0 aliphatic rings. The fourth-order valence-electron chi connectivity index (χ4n) is 2.06. The molecule has 0 saturated carbocycles. The van der Waals surface area contributed by atoms with Crippen LogP contribution in [0.15, 0.2) is 35.7 Å². The first-order valence-electron chi connectivity index (χ1n) is 5.68. The number of fused-ring (bicyclic) bond motifs is 1. The summed E-state index contributed by atoms with van der Waals surface area (Å²) in [7, 11) is 0. The Hall–Kier alpha value is -1.88. The van der Waals surface area contributed by atoms with E-state index in [-0.39, 0.29) is 5.82 Å². The lowest BCUT2D eigenvalue weighted by Crippen LogP contribution is -2.05. The molecule has 2 aromatic heterocycles. The predicted octanol–water partition coefficient (Wildman–Crippen LogP) is 3.06. The van der Waals surface area contributed by atoms with Crippen molar-refractivity contribution in [2.24, 2.45) is 0 Å². The molecule has 0 unspecified atom stereocenters. The van der Waals surface area contributed by atoms with Gasteiger partial charge in [-0.3, -0.25) is 0 Å². The smallest absolute Gasteiger partial charge is 0.201 e. The number of aromatic nitrogens is 2. The number of anilines is 1. The van der Waals surface area contributed by atoms with Gasteiger partial charge in [0.05, 0.1) is 5.52 Å². The van der Waals surface area contributed by atoms with E-state index in [4.69, 9.17) is 5.73 Å². The fraction of sp³-hybridized carbons (Fsp3) is 0.154.